The Labute approximate surface area is 103 Å². The Morgan fingerprint density at radius 3 is 2.47 bits per heavy atom. The molecule has 0 saturated carbocycles. The molecule has 1 aliphatic heterocycles. The van der Waals surface area contributed by atoms with Crippen molar-refractivity contribution in [2.45, 2.75) is 0 Å². The lowest BCUT2D eigenvalue weighted by Crippen LogP contribution is -2.41. The zero-order valence-corrected chi connectivity index (χ0v) is 9.88. The minimum atomic E-state index is -5.17. The van der Waals surface area contributed by atoms with Crippen LogP contribution in [0.15, 0.2) is 22.7 Å². The van der Waals surface area contributed by atoms with Crippen molar-refractivity contribution < 1.29 is 22.5 Å². The molecule has 0 N–H and O–H groups in total. The van der Waals surface area contributed by atoms with Crippen molar-refractivity contribution in [3.05, 3.63) is 28.2 Å². The first-order valence-electron chi connectivity index (χ1n) is 4.67. The summed E-state index contributed by atoms with van der Waals surface area (Å²) in [5.74, 6) is -2.04. The molecule has 1 aliphatic rings. The lowest BCUT2D eigenvalue weighted by Gasteiger charge is -2.23. The monoisotopic (exact) mass is 306 g/mol. The van der Waals surface area contributed by atoms with E-state index in [4.69, 9.17) is 0 Å². The van der Waals surface area contributed by atoms with E-state index in [2.05, 4.69) is 15.9 Å². The maximum absolute atomic E-state index is 12.3. The number of fused-ring (bicyclic) bond motifs is 1. The van der Waals surface area contributed by atoms with Crippen LogP contribution in [-0.4, -0.2) is 25.1 Å². The molecule has 1 amide bonds. The minimum Gasteiger partial charge on any atom is -0.448 e. The molecule has 0 unspecified atom stereocenters. The van der Waals surface area contributed by atoms with Gasteiger partial charge in [0, 0.05) is 4.47 Å². The number of amides is 1. The van der Waals surface area contributed by atoms with Crippen LogP contribution in [0.3, 0.4) is 0 Å². The Bertz CT molecular complexity index is 517. The second-order valence-electron chi connectivity index (χ2n) is 3.59. The Hall–Kier alpha value is -1.31. The van der Waals surface area contributed by atoms with Crippen molar-refractivity contribution in [2.24, 2.45) is 0 Å². The normalized spacial score (nSPS) is 15.4. The number of carbonyl (C=O) groups is 2. The molecule has 0 atom stereocenters. The van der Waals surface area contributed by atoms with Gasteiger partial charge < -0.3 is 17.8 Å². The Morgan fingerprint density at radius 2 is 1.88 bits per heavy atom. The fraction of sp³-hybridized carbons (Fsp3) is 0.111. The number of anilines is 1. The fourth-order valence-electron chi connectivity index (χ4n) is 1.69. The Kier molecular flexibility index (Phi) is 2.77. The predicted octanol–water partition coefficient (Wildman–Crippen LogP) is 2.37. The van der Waals surface area contributed by atoms with E-state index in [1.807, 2.05) is 0 Å². The topological polar surface area (TPSA) is 37.4 Å². The summed E-state index contributed by atoms with van der Waals surface area (Å²) in [6.07, 6.45) is -1.39. The maximum atomic E-state index is 12.3. The van der Waals surface area contributed by atoms with Crippen LogP contribution in [0.1, 0.15) is 10.4 Å². The van der Waals surface area contributed by atoms with Crippen LogP contribution in [0.25, 0.3) is 0 Å². The number of hydrogen-bond acceptors (Lipinski definition) is 2. The van der Waals surface area contributed by atoms with Crippen molar-refractivity contribution in [1.29, 1.82) is 0 Å². The van der Waals surface area contributed by atoms with Gasteiger partial charge in [-0.05, 0) is 34.5 Å². The van der Waals surface area contributed by atoms with E-state index in [0.717, 1.165) is 0 Å². The first-order chi connectivity index (χ1) is 7.81. The summed E-state index contributed by atoms with van der Waals surface area (Å²) >= 11 is 3.05. The van der Waals surface area contributed by atoms with Gasteiger partial charge in [-0.2, -0.15) is 0 Å². The lowest BCUT2D eigenvalue weighted by molar-refractivity contribution is -0.114. The predicted molar refractivity (Wildman–Crippen MR) is 59.9 cm³/mol. The molecule has 1 aromatic rings. The van der Waals surface area contributed by atoms with E-state index in [-0.39, 0.29) is 11.3 Å². The van der Waals surface area contributed by atoms with E-state index in [0.29, 0.717) is 9.37 Å². The quantitative estimate of drug-likeness (QED) is 0.621. The van der Waals surface area contributed by atoms with Gasteiger partial charge >= 0.3 is 6.98 Å². The van der Waals surface area contributed by atoms with Crippen molar-refractivity contribution in [3.63, 3.8) is 0 Å². The zero-order chi connectivity index (χ0) is 12.8. The number of halogens is 4. The molecule has 90 valence electrons. The molecule has 2 rings (SSSR count). The molecular weight excluding hydrogens is 302 g/mol. The molecule has 0 aliphatic carbocycles. The highest BCUT2D eigenvalue weighted by Crippen LogP contribution is 2.35. The largest absolute Gasteiger partial charge is 0.497 e. The highest BCUT2D eigenvalue weighted by molar-refractivity contribution is 9.10. The highest BCUT2D eigenvalue weighted by atomic mass is 79.9. The standard InChI is InChI=1S/C9H5BBrF3NO2/c11-5-2-1-3-6-7(5)8(16)9(17)15(6)4-10(12,13)14/h1-3H,4H2/q-1. The van der Waals surface area contributed by atoms with Crippen molar-refractivity contribution in [2.75, 3.05) is 11.3 Å². The third kappa shape index (κ3) is 2.09. The van der Waals surface area contributed by atoms with Crippen LogP contribution >= 0.6 is 15.9 Å². The van der Waals surface area contributed by atoms with Gasteiger partial charge in [0.25, 0.3) is 11.7 Å². The molecule has 0 radical (unpaired) electrons. The smallest absolute Gasteiger partial charge is 0.448 e. The van der Waals surface area contributed by atoms with Crippen LogP contribution in [0, 0.1) is 0 Å². The molecule has 8 heteroatoms. The van der Waals surface area contributed by atoms with E-state index in [1.54, 1.807) is 0 Å². The molecule has 17 heavy (non-hydrogen) atoms. The average Bonchev–Trinajstić information content (AvgIpc) is 2.43. The number of Topliss-reactive ketones (excluding diaryl/α,β-unsaturated/α-hetero) is 1. The van der Waals surface area contributed by atoms with Crippen molar-refractivity contribution in [1.82, 2.24) is 0 Å². The van der Waals surface area contributed by atoms with Gasteiger partial charge in [0.1, 0.15) is 0 Å². The molecule has 0 bridgehead atoms. The number of ketones is 1. The summed E-state index contributed by atoms with van der Waals surface area (Å²) < 4.78 is 37.4. The van der Waals surface area contributed by atoms with Gasteiger partial charge in [-0.25, -0.2) is 0 Å². The molecular formula is C9H5BBrF3NO2-. The number of hydrogen-bond donors (Lipinski definition) is 0. The van der Waals surface area contributed by atoms with Crippen LogP contribution in [0.5, 0.6) is 0 Å². The Morgan fingerprint density at radius 1 is 1.24 bits per heavy atom. The van der Waals surface area contributed by atoms with E-state index in [9.17, 15) is 22.5 Å². The summed E-state index contributed by atoms with van der Waals surface area (Å²) in [4.78, 5) is 23.5. The lowest BCUT2D eigenvalue weighted by atomic mass is 9.91. The SMILES string of the molecule is O=C1C(=O)N(C[B-](F)(F)F)c2cccc(Br)c21. The number of nitrogens with zero attached hydrogens (tertiary/aromatic N) is 1. The molecule has 0 spiro atoms. The first kappa shape index (κ1) is 12.2. The fourth-order valence-corrected chi connectivity index (χ4v) is 2.23. The molecule has 0 saturated heterocycles. The average molecular weight is 307 g/mol. The third-order valence-electron chi connectivity index (χ3n) is 2.34. The second-order valence-corrected chi connectivity index (χ2v) is 4.44. The second kappa shape index (κ2) is 3.87. The highest BCUT2D eigenvalue weighted by Gasteiger charge is 2.40. The Balaban J connectivity index is 2.49. The van der Waals surface area contributed by atoms with Crippen LogP contribution in [0.2, 0.25) is 0 Å². The molecule has 0 fully saturated rings. The maximum Gasteiger partial charge on any atom is 0.497 e. The summed E-state index contributed by atoms with van der Waals surface area (Å²) in [5, 5.41) is 0. The van der Waals surface area contributed by atoms with Crippen molar-refractivity contribution in [3.8, 4) is 0 Å². The summed E-state index contributed by atoms with van der Waals surface area (Å²) in [5.41, 5.74) is 0.00567. The molecule has 1 heterocycles. The van der Waals surface area contributed by atoms with Gasteiger partial charge in [0.2, 0.25) is 0 Å². The van der Waals surface area contributed by atoms with Crippen LogP contribution in [0.4, 0.5) is 18.6 Å². The van der Waals surface area contributed by atoms with E-state index in [1.165, 1.54) is 18.2 Å². The van der Waals surface area contributed by atoms with Gasteiger partial charge in [-0.3, -0.25) is 9.59 Å². The minimum absolute atomic E-state index is 0.00227. The van der Waals surface area contributed by atoms with Gasteiger partial charge in [0.15, 0.2) is 0 Å². The number of rotatable bonds is 2. The summed E-state index contributed by atoms with van der Waals surface area (Å²) in [6.45, 7) is -5.17. The zero-order valence-electron chi connectivity index (χ0n) is 8.29. The van der Waals surface area contributed by atoms with Gasteiger partial charge in [0.05, 0.1) is 11.3 Å². The summed E-state index contributed by atoms with van der Waals surface area (Å²) in [6, 6.07) is 4.31. The van der Waals surface area contributed by atoms with Crippen molar-refractivity contribution >= 4 is 40.3 Å². The van der Waals surface area contributed by atoms with Gasteiger partial charge in [-0.1, -0.05) is 6.07 Å². The number of carbonyl (C=O) groups excluding carboxylic acids is 2. The third-order valence-corrected chi connectivity index (χ3v) is 3.00. The van der Waals surface area contributed by atoms with E-state index < -0.39 is 25.1 Å². The molecule has 0 aromatic heterocycles. The molecule has 3 nitrogen and oxygen atoms in total. The van der Waals surface area contributed by atoms with Crippen LogP contribution < -0.4 is 4.90 Å². The van der Waals surface area contributed by atoms with Gasteiger partial charge in [-0.15, -0.1) is 0 Å². The number of benzene rings is 1. The first-order valence-corrected chi connectivity index (χ1v) is 5.46. The van der Waals surface area contributed by atoms with Crippen LogP contribution in [-0.2, 0) is 4.79 Å². The van der Waals surface area contributed by atoms with E-state index >= 15 is 0 Å². The summed E-state index contributed by atoms with van der Waals surface area (Å²) in [7, 11) is 0. The molecule has 1 aromatic carbocycles.